The summed E-state index contributed by atoms with van der Waals surface area (Å²) < 4.78 is 0. The average molecular weight is 363 g/mol. The van der Waals surface area contributed by atoms with Crippen molar-refractivity contribution in [3.63, 3.8) is 0 Å². The van der Waals surface area contributed by atoms with Crippen LogP contribution in [0.15, 0.2) is 42.5 Å². The summed E-state index contributed by atoms with van der Waals surface area (Å²) in [5.41, 5.74) is 0.672. The predicted octanol–water partition coefficient (Wildman–Crippen LogP) is 5.40. The number of amides is 1. The lowest BCUT2D eigenvalue weighted by molar-refractivity contribution is -0.157. The van der Waals surface area contributed by atoms with Crippen molar-refractivity contribution in [2.75, 3.05) is 5.01 Å². The minimum atomic E-state index is -0.465. The Hall–Kier alpha value is -2.03. The number of carbonyl (C=O) groups excluding carboxylic acids is 1. The molecule has 3 heteroatoms. The van der Waals surface area contributed by atoms with Crippen LogP contribution >= 0.6 is 0 Å². The van der Waals surface area contributed by atoms with Crippen LogP contribution in [0.25, 0.3) is 10.8 Å². The maximum atomic E-state index is 13.2. The molecule has 0 radical (unpaired) electrons. The number of anilines is 1. The van der Waals surface area contributed by atoms with E-state index in [9.17, 15) is 4.79 Å². The number of rotatable bonds is 2. The molecular formula is C24H30N2O. The zero-order valence-electron chi connectivity index (χ0n) is 16.7. The largest absolute Gasteiger partial charge is 0.270 e. The summed E-state index contributed by atoms with van der Waals surface area (Å²) >= 11 is 0. The Morgan fingerprint density at radius 2 is 1.63 bits per heavy atom. The van der Waals surface area contributed by atoms with Crippen molar-refractivity contribution in [1.29, 1.82) is 0 Å². The molecule has 1 amide bonds. The third-order valence-electron chi connectivity index (χ3n) is 7.51. The van der Waals surface area contributed by atoms with Crippen LogP contribution in [0.1, 0.15) is 52.9 Å². The topological polar surface area (TPSA) is 23.6 Å². The van der Waals surface area contributed by atoms with E-state index in [2.05, 4.69) is 73.3 Å². The highest BCUT2D eigenvalue weighted by Gasteiger charge is 2.56. The van der Waals surface area contributed by atoms with Crippen LogP contribution in [-0.2, 0) is 4.79 Å². The molecule has 3 unspecified atom stereocenters. The predicted molar refractivity (Wildman–Crippen MR) is 110 cm³/mol. The molecule has 0 bridgehead atoms. The first kappa shape index (κ1) is 17.1. The fourth-order valence-electron chi connectivity index (χ4n) is 5.74. The lowest BCUT2D eigenvalue weighted by Crippen LogP contribution is -2.78. The van der Waals surface area contributed by atoms with E-state index in [0.717, 1.165) is 23.9 Å². The van der Waals surface area contributed by atoms with E-state index in [4.69, 9.17) is 0 Å². The van der Waals surface area contributed by atoms with Gasteiger partial charge in [0, 0.05) is 0 Å². The fourth-order valence-corrected chi connectivity index (χ4v) is 5.74. The Morgan fingerprint density at radius 1 is 0.926 bits per heavy atom. The second-order valence-corrected chi connectivity index (χ2v) is 9.51. The van der Waals surface area contributed by atoms with Crippen LogP contribution in [0, 0.1) is 17.8 Å². The average Bonchev–Trinajstić information content (AvgIpc) is 2.75. The quantitative estimate of drug-likeness (QED) is 0.714. The van der Waals surface area contributed by atoms with Gasteiger partial charge >= 0.3 is 0 Å². The molecule has 142 valence electrons. The lowest BCUT2D eigenvalue weighted by atomic mass is 9.70. The monoisotopic (exact) mass is 362 g/mol. The van der Waals surface area contributed by atoms with Gasteiger partial charge in [-0.2, -0.15) is 0 Å². The molecule has 27 heavy (non-hydrogen) atoms. The maximum absolute atomic E-state index is 13.2. The molecule has 3 fully saturated rings. The Bertz CT molecular complexity index is 889. The molecule has 1 heterocycles. The first-order chi connectivity index (χ1) is 13.0. The number of hydrazine groups is 1. The molecule has 4 atom stereocenters. The molecule has 1 saturated heterocycles. The number of fused-ring (bicyclic) bond motifs is 2. The van der Waals surface area contributed by atoms with Gasteiger partial charge in [0.25, 0.3) is 5.91 Å². The van der Waals surface area contributed by atoms with Crippen molar-refractivity contribution in [1.82, 2.24) is 5.01 Å². The van der Waals surface area contributed by atoms with E-state index in [-0.39, 0.29) is 5.91 Å². The molecule has 3 nitrogen and oxygen atoms in total. The summed E-state index contributed by atoms with van der Waals surface area (Å²) in [5, 5.41) is 6.87. The summed E-state index contributed by atoms with van der Waals surface area (Å²) in [6.07, 6.45) is 6.52. The second kappa shape index (κ2) is 5.98. The second-order valence-electron chi connectivity index (χ2n) is 9.51. The highest BCUT2D eigenvalue weighted by Crippen LogP contribution is 2.49. The van der Waals surface area contributed by atoms with Crippen LogP contribution in [0.2, 0.25) is 0 Å². The van der Waals surface area contributed by atoms with Gasteiger partial charge in [-0.05, 0) is 86.6 Å². The summed E-state index contributed by atoms with van der Waals surface area (Å²) in [6, 6.07) is 15.4. The van der Waals surface area contributed by atoms with Gasteiger partial charge in [0.2, 0.25) is 0 Å². The van der Waals surface area contributed by atoms with Gasteiger partial charge in [0.1, 0.15) is 5.54 Å². The maximum Gasteiger partial charge on any atom is 0.268 e. The van der Waals surface area contributed by atoms with Crippen molar-refractivity contribution >= 4 is 22.4 Å². The Balaban J connectivity index is 1.49. The van der Waals surface area contributed by atoms with Gasteiger partial charge in [-0.25, -0.2) is 5.01 Å². The normalized spacial score (nSPS) is 32.5. The minimum Gasteiger partial charge on any atom is -0.270 e. The molecule has 2 aromatic carbocycles. The van der Waals surface area contributed by atoms with Crippen LogP contribution in [0.5, 0.6) is 0 Å². The summed E-state index contributed by atoms with van der Waals surface area (Å²) in [4.78, 5) is 13.2. The van der Waals surface area contributed by atoms with Crippen LogP contribution < -0.4 is 5.01 Å². The number of carbonyl (C=O) groups is 1. The van der Waals surface area contributed by atoms with E-state index < -0.39 is 5.54 Å². The Labute approximate surface area is 162 Å². The lowest BCUT2D eigenvalue weighted by Gasteiger charge is -2.60. The van der Waals surface area contributed by atoms with Crippen LogP contribution in [0.4, 0.5) is 5.69 Å². The molecule has 0 N–H and O–H groups in total. The SMILES string of the molecule is CC1CC2CCC2CC[C@@H]1N1C(=O)C(C)(C)N1c1ccc2ccccc2c1. The number of hydrogen-bond acceptors (Lipinski definition) is 2. The number of hydrogen-bond donors (Lipinski definition) is 0. The smallest absolute Gasteiger partial charge is 0.268 e. The van der Waals surface area contributed by atoms with Gasteiger partial charge in [-0.3, -0.25) is 9.80 Å². The molecule has 2 saturated carbocycles. The molecule has 2 aliphatic carbocycles. The highest BCUT2D eigenvalue weighted by molar-refractivity contribution is 5.99. The Kier molecular flexibility index (Phi) is 3.79. The Morgan fingerprint density at radius 3 is 2.37 bits per heavy atom. The zero-order valence-corrected chi connectivity index (χ0v) is 16.7. The zero-order chi connectivity index (χ0) is 18.8. The highest BCUT2D eigenvalue weighted by atomic mass is 16.2. The van der Waals surface area contributed by atoms with Crippen molar-refractivity contribution in [2.45, 2.75) is 64.5 Å². The molecular weight excluding hydrogens is 332 g/mol. The molecule has 1 aliphatic heterocycles. The van der Waals surface area contributed by atoms with Gasteiger partial charge in [-0.1, -0.05) is 37.3 Å². The fraction of sp³-hybridized carbons (Fsp3) is 0.542. The van der Waals surface area contributed by atoms with E-state index in [1.54, 1.807) is 0 Å². The van der Waals surface area contributed by atoms with Gasteiger partial charge in [0.15, 0.2) is 0 Å². The minimum absolute atomic E-state index is 0.279. The van der Waals surface area contributed by atoms with Crippen molar-refractivity contribution in [3.8, 4) is 0 Å². The summed E-state index contributed by atoms with van der Waals surface area (Å²) in [5.74, 6) is 2.67. The van der Waals surface area contributed by atoms with Crippen LogP contribution in [-0.4, -0.2) is 22.5 Å². The van der Waals surface area contributed by atoms with Crippen molar-refractivity contribution in [3.05, 3.63) is 42.5 Å². The number of nitrogens with zero attached hydrogens (tertiary/aromatic N) is 2. The first-order valence-electron chi connectivity index (χ1n) is 10.6. The molecule has 5 rings (SSSR count). The third kappa shape index (κ3) is 2.50. The van der Waals surface area contributed by atoms with E-state index in [0.29, 0.717) is 12.0 Å². The van der Waals surface area contributed by atoms with E-state index in [1.807, 2.05) is 0 Å². The standard InChI is InChI=1S/C24H30N2O/c1-16-14-20-9-8-18(20)11-13-22(16)25-23(27)24(2,3)26(25)21-12-10-17-6-4-5-7-19(17)15-21/h4-7,10,12,15-16,18,20,22H,8-9,11,13-14H2,1-3H3/t16?,18?,20?,22-/m0/s1. The molecule has 2 aromatic rings. The molecule has 0 aromatic heterocycles. The van der Waals surface area contributed by atoms with Crippen molar-refractivity contribution < 1.29 is 4.79 Å². The molecule has 0 spiro atoms. The van der Waals surface area contributed by atoms with E-state index >= 15 is 0 Å². The first-order valence-corrected chi connectivity index (χ1v) is 10.6. The number of benzene rings is 2. The van der Waals surface area contributed by atoms with Gasteiger partial charge in [0.05, 0.1) is 11.7 Å². The van der Waals surface area contributed by atoms with Gasteiger partial charge < -0.3 is 0 Å². The van der Waals surface area contributed by atoms with E-state index in [1.165, 1.54) is 36.5 Å². The summed E-state index contributed by atoms with van der Waals surface area (Å²) in [7, 11) is 0. The van der Waals surface area contributed by atoms with Crippen LogP contribution in [0.3, 0.4) is 0 Å². The summed E-state index contributed by atoms with van der Waals surface area (Å²) in [6.45, 7) is 6.49. The van der Waals surface area contributed by atoms with Gasteiger partial charge in [-0.15, -0.1) is 0 Å². The third-order valence-corrected chi connectivity index (χ3v) is 7.51. The van der Waals surface area contributed by atoms with Crippen molar-refractivity contribution in [2.24, 2.45) is 17.8 Å². The molecule has 3 aliphatic rings.